The van der Waals surface area contributed by atoms with E-state index in [1.54, 1.807) is 12.1 Å². The highest BCUT2D eigenvalue weighted by Gasteiger charge is 2.07. The van der Waals surface area contributed by atoms with Crippen LogP contribution in [0.3, 0.4) is 0 Å². The van der Waals surface area contributed by atoms with Crippen molar-refractivity contribution in [2.75, 3.05) is 0 Å². The molecule has 0 radical (unpaired) electrons. The molecule has 0 aliphatic rings. The zero-order valence-corrected chi connectivity index (χ0v) is 7.30. The number of nitrogens with zero attached hydrogens (tertiary/aromatic N) is 1. The molecule has 0 saturated carbocycles. The van der Waals surface area contributed by atoms with Gasteiger partial charge in [-0.1, -0.05) is 6.92 Å². The van der Waals surface area contributed by atoms with E-state index in [0.717, 1.165) is 0 Å². The fraction of sp³-hybridized carbons (Fsp3) is 0.333. The zero-order valence-electron chi connectivity index (χ0n) is 7.30. The summed E-state index contributed by atoms with van der Waals surface area (Å²) in [6.07, 6.45) is 0.0819. The van der Waals surface area contributed by atoms with Gasteiger partial charge in [-0.2, -0.15) is 0 Å². The third kappa shape index (κ3) is 2.26. The first kappa shape index (κ1) is 9.67. The van der Waals surface area contributed by atoms with Crippen molar-refractivity contribution < 1.29 is 10.0 Å². The Morgan fingerprint density at radius 2 is 2.00 bits per heavy atom. The Hall–Kier alpha value is -1.42. The molecule has 0 spiro atoms. The predicted octanol–water partition coefficient (Wildman–Crippen LogP) is 2.04. The van der Waals surface area contributed by atoms with E-state index in [-0.39, 0.29) is 5.69 Å². The largest absolute Gasteiger partial charge is 0.388 e. The van der Waals surface area contributed by atoms with E-state index in [1.807, 2.05) is 6.92 Å². The Kier molecular flexibility index (Phi) is 2.97. The molecule has 0 bridgehead atoms. The van der Waals surface area contributed by atoms with E-state index < -0.39 is 11.0 Å². The first-order valence-corrected chi connectivity index (χ1v) is 4.07. The van der Waals surface area contributed by atoms with Crippen molar-refractivity contribution in [3.8, 4) is 0 Å². The molecular formula is C9H11NO3. The molecule has 0 heterocycles. The smallest absolute Gasteiger partial charge is 0.269 e. The fourth-order valence-corrected chi connectivity index (χ4v) is 1.05. The van der Waals surface area contributed by atoms with Crippen molar-refractivity contribution in [2.45, 2.75) is 19.4 Å². The summed E-state index contributed by atoms with van der Waals surface area (Å²) in [5.74, 6) is 0. The van der Waals surface area contributed by atoms with Crippen LogP contribution in [0.2, 0.25) is 0 Å². The molecule has 0 unspecified atom stereocenters. The highest BCUT2D eigenvalue weighted by molar-refractivity contribution is 5.33. The molecule has 4 heteroatoms. The quantitative estimate of drug-likeness (QED) is 0.573. The minimum Gasteiger partial charge on any atom is -0.388 e. The molecular weight excluding hydrogens is 170 g/mol. The van der Waals surface area contributed by atoms with Crippen molar-refractivity contribution in [2.24, 2.45) is 0 Å². The molecule has 0 saturated heterocycles. The van der Waals surface area contributed by atoms with Crippen LogP contribution in [-0.4, -0.2) is 10.0 Å². The summed E-state index contributed by atoms with van der Waals surface area (Å²) < 4.78 is 0. The van der Waals surface area contributed by atoms with E-state index in [4.69, 9.17) is 0 Å². The van der Waals surface area contributed by atoms with E-state index in [1.165, 1.54) is 12.1 Å². The second-order valence-corrected chi connectivity index (χ2v) is 2.77. The molecule has 0 amide bonds. The average Bonchev–Trinajstić information content (AvgIpc) is 2.17. The topological polar surface area (TPSA) is 63.4 Å². The molecule has 0 aromatic heterocycles. The standard InChI is InChI=1S/C9H11NO3/c1-2-9(11)7-3-5-8(6-4-7)10(12)13/h3-6,9,11H,2H2,1H3/t9-/m0/s1. The van der Waals surface area contributed by atoms with Gasteiger partial charge in [-0.05, 0) is 24.1 Å². The van der Waals surface area contributed by atoms with Crippen molar-refractivity contribution in [3.63, 3.8) is 0 Å². The van der Waals surface area contributed by atoms with Crippen LogP contribution in [0.25, 0.3) is 0 Å². The number of nitro groups is 1. The van der Waals surface area contributed by atoms with Gasteiger partial charge in [-0.3, -0.25) is 10.1 Å². The average molecular weight is 181 g/mol. The van der Waals surface area contributed by atoms with Gasteiger partial charge in [0.15, 0.2) is 0 Å². The molecule has 0 aliphatic heterocycles. The number of aliphatic hydroxyl groups excluding tert-OH is 1. The van der Waals surface area contributed by atoms with Gasteiger partial charge in [-0.15, -0.1) is 0 Å². The maximum Gasteiger partial charge on any atom is 0.269 e. The van der Waals surface area contributed by atoms with Crippen LogP contribution < -0.4 is 0 Å². The maximum absolute atomic E-state index is 10.3. The van der Waals surface area contributed by atoms with Crippen LogP contribution in [-0.2, 0) is 0 Å². The number of non-ortho nitro benzene ring substituents is 1. The lowest BCUT2D eigenvalue weighted by Crippen LogP contribution is -1.95. The van der Waals surface area contributed by atoms with E-state index in [0.29, 0.717) is 12.0 Å². The van der Waals surface area contributed by atoms with Crippen molar-refractivity contribution in [1.29, 1.82) is 0 Å². The molecule has 4 nitrogen and oxygen atoms in total. The molecule has 1 rings (SSSR count). The SMILES string of the molecule is CC[C@H](O)c1ccc([N+](=O)[O-])cc1. The Labute approximate surface area is 76.0 Å². The third-order valence-electron chi connectivity index (χ3n) is 1.88. The minimum atomic E-state index is -0.527. The van der Waals surface area contributed by atoms with Crippen LogP contribution >= 0.6 is 0 Å². The molecule has 1 N–H and O–H groups in total. The van der Waals surface area contributed by atoms with Crippen LogP contribution in [0.15, 0.2) is 24.3 Å². The van der Waals surface area contributed by atoms with Crippen molar-refractivity contribution >= 4 is 5.69 Å². The monoisotopic (exact) mass is 181 g/mol. The highest BCUT2D eigenvalue weighted by Crippen LogP contribution is 2.19. The van der Waals surface area contributed by atoms with Gasteiger partial charge in [0.2, 0.25) is 0 Å². The van der Waals surface area contributed by atoms with Gasteiger partial charge >= 0.3 is 0 Å². The Morgan fingerprint density at radius 1 is 1.46 bits per heavy atom. The number of hydrogen-bond donors (Lipinski definition) is 1. The lowest BCUT2D eigenvalue weighted by atomic mass is 10.1. The normalized spacial score (nSPS) is 12.5. The summed E-state index contributed by atoms with van der Waals surface area (Å²) in [5, 5.41) is 19.7. The third-order valence-corrected chi connectivity index (χ3v) is 1.88. The van der Waals surface area contributed by atoms with Crippen LogP contribution in [0.1, 0.15) is 25.0 Å². The van der Waals surface area contributed by atoms with Crippen molar-refractivity contribution in [1.82, 2.24) is 0 Å². The Balaban J connectivity index is 2.87. The number of nitro benzene ring substituents is 1. The van der Waals surface area contributed by atoms with Crippen molar-refractivity contribution in [3.05, 3.63) is 39.9 Å². The lowest BCUT2D eigenvalue weighted by molar-refractivity contribution is -0.384. The number of hydrogen-bond acceptors (Lipinski definition) is 3. The van der Waals surface area contributed by atoms with Gasteiger partial charge in [0.05, 0.1) is 11.0 Å². The molecule has 0 aliphatic carbocycles. The zero-order chi connectivity index (χ0) is 9.84. The second kappa shape index (κ2) is 4.00. The van der Waals surface area contributed by atoms with Gasteiger partial charge in [0.25, 0.3) is 5.69 Å². The van der Waals surface area contributed by atoms with E-state index >= 15 is 0 Å². The molecule has 0 fully saturated rings. The van der Waals surface area contributed by atoms with Crippen LogP contribution in [0, 0.1) is 10.1 Å². The predicted molar refractivity (Wildman–Crippen MR) is 48.3 cm³/mol. The lowest BCUT2D eigenvalue weighted by Gasteiger charge is -2.06. The summed E-state index contributed by atoms with van der Waals surface area (Å²) in [6, 6.07) is 5.95. The number of benzene rings is 1. The van der Waals surface area contributed by atoms with Gasteiger partial charge in [-0.25, -0.2) is 0 Å². The minimum absolute atomic E-state index is 0.0482. The van der Waals surface area contributed by atoms with Gasteiger partial charge in [0.1, 0.15) is 0 Å². The second-order valence-electron chi connectivity index (χ2n) is 2.77. The maximum atomic E-state index is 10.3. The molecule has 1 atom stereocenters. The van der Waals surface area contributed by atoms with E-state index in [9.17, 15) is 15.2 Å². The first-order valence-electron chi connectivity index (χ1n) is 4.07. The van der Waals surface area contributed by atoms with Crippen LogP contribution in [0.4, 0.5) is 5.69 Å². The summed E-state index contributed by atoms with van der Waals surface area (Å²) in [7, 11) is 0. The highest BCUT2D eigenvalue weighted by atomic mass is 16.6. The van der Waals surface area contributed by atoms with E-state index in [2.05, 4.69) is 0 Å². The fourth-order valence-electron chi connectivity index (χ4n) is 1.05. The molecule has 1 aromatic carbocycles. The summed E-state index contributed by atoms with van der Waals surface area (Å²) in [4.78, 5) is 9.84. The van der Waals surface area contributed by atoms with Crippen LogP contribution in [0.5, 0.6) is 0 Å². The molecule has 70 valence electrons. The molecule has 1 aromatic rings. The number of aliphatic hydroxyl groups is 1. The Morgan fingerprint density at radius 3 is 2.38 bits per heavy atom. The van der Waals surface area contributed by atoms with Gasteiger partial charge < -0.3 is 5.11 Å². The first-order chi connectivity index (χ1) is 6.15. The number of rotatable bonds is 3. The van der Waals surface area contributed by atoms with Gasteiger partial charge in [0, 0.05) is 12.1 Å². The summed E-state index contributed by atoms with van der Waals surface area (Å²) in [6.45, 7) is 1.85. The Bertz CT molecular complexity index is 294. The molecule has 13 heavy (non-hydrogen) atoms. The summed E-state index contributed by atoms with van der Waals surface area (Å²) >= 11 is 0. The summed E-state index contributed by atoms with van der Waals surface area (Å²) in [5.41, 5.74) is 0.764.